The number of pyridine rings is 1. The summed E-state index contributed by atoms with van der Waals surface area (Å²) in [5.41, 5.74) is 5.00. The van der Waals surface area contributed by atoms with E-state index in [9.17, 15) is 9.65 Å². The van der Waals surface area contributed by atoms with E-state index in [2.05, 4.69) is 51.2 Å². The van der Waals surface area contributed by atoms with E-state index < -0.39 is 6.67 Å². The Kier molecular flexibility index (Phi) is 6.08. The first-order valence-electron chi connectivity index (χ1n) is 10.0. The van der Waals surface area contributed by atoms with Gasteiger partial charge >= 0.3 is 0 Å². The number of alkyl halides is 1. The average molecular weight is 498 g/mol. The van der Waals surface area contributed by atoms with Gasteiger partial charge in [0.15, 0.2) is 5.13 Å². The second kappa shape index (κ2) is 8.77. The number of fused-ring (bicyclic) bond motifs is 1. The van der Waals surface area contributed by atoms with Crippen molar-refractivity contribution < 1.29 is 4.39 Å². The van der Waals surface area contributed by atoms with Crippen LogP contribution in [0.3, 0.4) is 0 Å². The molecule has 0 unspecified atom stereocenters. The molecule has 5 nitrogen and oxygen atoms in total. The predicted octanol–water partition coefficient (Wildman–Crippen LogP) is 6.59. The molecule has 158 valence electrons. The topological polar surface area (TPSA) is 57.2 Å². The molecule has 0 amide bonds. The Balaban J connectivity index is 1.87. The number of hydrogen-bond donors (Lipinski definition) is 0. The highest BCUT2D eigenvalue weighted by molar-refractivity contribution is 9.10. The molecule has 0 atom stereocenters. The number of rotatable bonds is 6. The SMILES string of the molecule is CCc1nc2c(C)cc(Br)cn2c1N(CC)c1nc(-c2ccc(CF)cc2)c(C#N)s1. The van der Waals surface area contributed by atoms with E-state index in [0.717, 1.165) is 44.3 Å². The molecule has 0 N–H and O–H groups in total. The van der Waals surface area contributed by atoms with Gasteiger partial charge in [-0.1, -0.05) is 42.5 Å². The second-order valence-electron chi connectivity index (χ2n) is 7.13. The highest BCUT2D eigenvalue weighted by Crippen LogP contribution is 2.38. The van der Waals surface area contributed by atoms with E-state index in [1.165, 1.54) is 11.3 Å². The van der Waals surface area contributed by atoms with Crippen molar-refractivity contribution in [2.24, 2.45) is 0 Å². The van der Waals surface area contributed by atoms with Crippen LogP contribution in [0.5, 0.6) is 0 Å². The molecule has 3 aromatic heterocycles. The van der Waals surface area contributed by atoms with Crippen LogP contribution in [0.15, 0.2) is 41.0 Å². The molecule has 0 fully saturated rings. The summed E-state index contributed by atoms with van der Waals surface area (Å²) in [6.07, 6.45) is 2.79. The van der Waals surface area contributed by atoms with Crippen LogP contribution in [-0.4, -0.2) is 20.9 Å². The summed E-state index contributed by atoms with van der Waals surface area (Å²) < 4.78 is 16.0. The lowest BCUT2D eigenvalue weighted by Crippen LogP contribution is -2.19. The molecule has 0 aliphatic carbocycles. The zero-order valence-corrected chi connectivity index (χ0v) is 19.9. The minimum absolute atomic E-state index is 0.514. The van der Waals surface area contributed by atoms with Gasteiger partial charge in [-0.2, -0.15) is 5.26 Å². The number of imidazole rings is 1. The smallest absolute Gasteiger partial charge is 0.192 e. The average Bonchev–Trinajstić information content (AvgIpc) is 3.37. The fourth-order valence-corrected chi connectivity index (χ4v) is 5.15. The molecule has 31 heavy (non-hydrogen) atoms. The van der Waals surface area contributed by atoms with Gasteiger partial charge in [-0.25, -0.2) is 14.4 Å². The molecule has 1 aromatic carbocycles. The number of nitrogens with zero attached hydrogens (tertiary/aromatic N) is 5. The lowest BCUT2D eigenvalue weighted by atomic mass is 10.1. The Hall–Kier alpha value is -2.76. The largest absolute Gasteiger partial charge is 0.302 e. The number of halogens is 2. The molecule has 0 aliphatic rings. The first-order chi connectivity index (χ1) is 15.0. The number of benzene rings is 1. The van der Waals surface area contributed by atoms with Crippen molar-refractivity contribution in [2.75, 3.05) is 11.4 Å². The van der Waals surface area contributed by atoms with E-state index in [1.54, 1.807) is 12.1 Å². The molecular weight excluding hydrogens is 477 g/mol. The normalized spacial score (nSPS) is 11.1. The summed E-state index contributed by atoms with van der Waals surface area (Å²) >= 11 is 4.95. The maximum Gasteiger partial charge on any atom is 0.192 e. The van der Waals surface area contributed by atoms with Gasteiger partial charge in [0.2, 0.25) is 0 Å². The van der Waals surface area contributed by atoms with Crippen LogP contribution in [0, 0.1) is 18.3 Å². The van der Waals surface area contributed by atoms with Gasteiger partial charge in [-0.3, -0.25) is 4.40 Å². The maximum absolute atomic E-state index is 12.9. The Labute approximate surface area is 192 Å². The minimum atomic E-state index is -0.514. The van der Waals surface area contributed by atoms with E-state index in [-0.39, 0.29) is 0 Å². The summed E-state index contributed by atoms with van der Waals surface area (Å²) in [6, 6.07) is 11.4. The molecule has 8 heteroatoms. The molecule has 0 saturated carbocycles. The molecule has 0 bridgehead atoms. The molecule has 3 heterocycles. The van der Waals surface area contributed by atoms with Gasteiger partial charge in [-0.15, -0.1) is 0 Å². The summed E-state index contributed by atoms with van der Waals surface area (Å²) in [6.45, 7) is 6.35. The molecule has 4 rings (SSSR count). The van der Waals surface area contributed by atoms with Gasteiger partial charge in [0.25, 0.3) is 0 Å². The van der Waals surface area contributed by atoms with Crippen molar-refractivity contribution in [3.63, 3.8) is 0 Å². The monoisotopic (exact) mass is 497 g/mol. The molecule has 4 aromatic rings. The maximum atomic E-state index is 12.9. The van der Waals surface area contributed by atoms with E-state index in [0.29, 0.717) is 22.7 Å². The summed E-state index contributed by atoms with van der Waals surface area (Å²) in [4.78, 5) is 12.3. The van der Waals surface area contributed by atoms with Crippen molar-refractivity contribution in [1.82, 2.24) is 14.4 Å². The van der Waals surface area contributed by atoms with Crippen LogP contribution in [0.4, 0.5) is 15.3 Å². The standard InChI is InChI=1S/C23H21BrFN5S/c1-4-18-22(30-13-17(24)10-14(3)21(30)27-18)29(5-2)23-28-20(19(12-26)31-23)16-8-6-15(11-25)7-9-16/h6-10,13H,4-5,11H2,1-3H3. The fraction of sp³-hybridized carbons (Fsp3) is 0.261. The van der Waals surface area contributed by atoms with Crippen LogP contribution in [0.1, 0.15) is 35.5 Å². The predicted molar refractivity (Wildman–Crippen MR) is 127 cm³/mol. The second-order valence-corrected chi connectivity index (χ2v) is 9.02. The van der Waals surface area contributed by atoms with Crippen molar-refractivity contribution in [2.45, 2.75) is 33.9 Å². The Morgan fingerprint density at radius 3 is 2.58 bits per heavy atom. The zero-order valence-electron chi connectivity index (χ0n) is 17.5. The van der Waals surface area contributed by atoms with E-state index in [4.69, 9.17) is 9.97 Å². The van der Waals surface area contributed by atoms with E-state index >= 15 is 0 Å². The lowest BCUT2D eigenvalue weighted by molar-refractivity contribution is 0.485. The highest BCUT2D eigenvalue weighted by atomic mass is 79.9. The van der Waals surface area contributed by atoms with Crippen LogP contribution >= 0.6 is 27.3 Å². The number of aromatic nitrogens is 3. The van der Waals surface area contributed by atoms with E-state index in [1.807, 2.05) is 25.3 Å². The van der Waals surface area contributed by atoms with Crippen molar-refractivity contribution in [1.29, 1.82) is 5.26 Å². The Bertz CT molecular complexity index is 1290. The third kappa shape index (κ3) is 3.84. The molecular formula is C23H21BrFN5S. The van der Waals surface area contributed by atoms with Gasteiger partial charge < -0.3 is 4.90 Å². The van der Waals surface area contributed by atoms with Crippen LogP contribution in [0.2, 0.25) is 0 Å². The van der Waals surface area contributed by atoms with Crippen molar-refractivity contribution >= 4 is 43.9 Å². The Morgan fingerprint density at radius 1 is 1.23 bits per heavy atom. The third-order valence-corrected chi connectivity index (χ3v) is 6.57. The molecule has 0 aliphatic heterocycles. The third-order valence-electron chi connectivity index (χ3n) is 5.15. The van der Waals surface area contributed by atoms with Crippen molar-refractivity contribution in [3.8, 4) is 17.3 Å². The quantitative estimate of drug-likeness (QED) is 0.301. The first kappa shape index (κ1) is 21.5. The number of anilines is 2. The Morgan fingerprint density at radius 2 is 1.97 bits per heavy atom. The van der Waals surface area contributed by atoms with Gasteiger partial charge in [-0.05, 0) is 53.4 Å². The first-order valence-corrected chi connectivity index (χ1v) is 11.6. The van der Waals surface area contributed by atoms with Crippen LogP contribution in [0.25, 0.3) is 16.9 Å². The molecule has 0 spiro atoms. The van der Waals surface area contributed by atoms with Crippen LogP contribution < -0.4 is 4.90 Å². The van der Waals surface area contributed by atoms with Gasteiger partial charge in [0.05, 0.1) is 5.69 Å². The number of aryl methyl sites for hydroxylation is 2. The lowest BCUT2D eigenvalue weighted by Gasteiger charge is -2.21. The number of hydrogen-bond acceptors (Lipinski definition) is 5. The molecule has 0 radical (unpaired) electrons. The number of nitriles is 1. The zero-order chi connectivity index (χ0) is 22.1. The summed E-state index contributed by atoms with van der Waals surface area (Å²) in [5.74, 6) is 0.960. The fourth-order valence-electron chi connectivity index (χ4n) is 3.65. The number of thiazole rings is 1. The summed E-state index contributed by atoms with van der Waals surface area (Å²) in [5, 5.41) is 10.5. The summed E-state index contributed by atoms with van der Waals surface area (Å²) in [7, 11) is 0. The molecule has 0 saturated heterocycles. The highest BCUT2D eigenvalue weighted by Gasteiger charge is 2.24. The van der Waals surface area contributed by atoms with Crippen LogP contribution in [-0.2, 0) is 13.1 Å². The van der Waals surface area contributed by atoms with Gasteiger partial charge in [0.1, 0.15) is 34.8 Å². The van der Waals surface area contributed by atoms with Crippen molar-refractivity contribution in [3.05, 3.63) is 62.7 Å². The van der Waals surface area contributed by atoms with Gasteiger partial charge in [0, 0.05) is 22.8 Å². The minimum Gasteiger partial charge on any atom is -0.302 e.